The van der Waals surface area contributed by atoms with E-state index in [1.54, 1.807) is 0 Å². The number of carbonyl (C=O) groups excluding carboxylic acids is 3. The molecule has 0 saturated carbocycles. The second kappa shape index (κ2) is 7.73. The lowest BCUT2D eigenvalue weighted by molar-refractivity contribution is -0.133. The van der Waals surface area contributed by atoms with E-state index in [9.17, 15) is 19.2 Å². The van der Waals surface area contributed by atoms with E-state index in [1.165, 1.54) is 52.1 Å². The third-order valence-electron chi connectivity index (χ3n) is 4.41. The Kier molecular flexibility index (Phi) is 5.05. The van der Waals surface area contributed by atoms with Gasteiger partial charge in [0.15, 0.2) is 11.5 Å². The van der Waals surface area contributed by atoms with Crippen LogP contribution in [0.5, 0.6) is 23.0 Å². The van der Waals surface area contributed by atoms with Crippen LogP contribution in [0.4, 0.5) is 0 Å². The van der Waals surface area contributed by atoms with Crippen LogP contribution in [0.3, 0.4) is 0 Å². The number of furan rings is 1. The van der Waals surface area contributed by atoms with Gasteiger partial charge in [0, 0.05) is 44.4 Å². The zero-order valence-corrected chi connectivity index (χ0v) is 17.4. The van der Waals surface area contributed by atoms with Crippen LogP contribution in [0.25, 0.3) is 33.1 Å². The molecule has 10 heteroatoms. The van der Waals surface area contributed by atoms with Gasteiger partial charge >= 0.3 is 23.7 Å². The summed E-state index contributed by atoms with van der Waals surface area (Å²) in [6, 6.07) is 5.42. The predicted molar refractivity (Wildman–Crippen MR) is 110 cm³/mol. The quantitative estimate of drug-likeness (QED) is 0.343. The second-order valence-corrected chi connectivity index (χ2v) is 6.77. The Morgan fingerprint density at radius 1 is 0.719 bits per heavy atom. The number of carbonyl (C=O) groups is 3. The Hall–Kier alpha value is -4.34. The predicted octanol–water partition coefficient (Wildman–Crippen LogP) is 3.48. The Labute approximate surface area is 179 Å². The fourth-order valence-corrected chi connectivity index (χ4v) is 3.32. The lowest BCUT2D eigenvalue weighted by Crippen LogP contribution is -2.09. The Morgan fingerprint density at radius 2 is 1.34 bits per heavy atom. The van der Waals surface area contributed by atoms with Crippen molar-refractivity contribution in [3.05, 3.63) is 34.5 Å². The average Bonchev–Trinajstić information content (AvgIpc) is 3.02. The number of methoxy groups -OCH3 is 1. The van der Waals surface area contributed by atoms with Gasteiger partial charge in [0.1, 0.15) is 33.4 Å². The molecule has 0 spiro atoms. The maximum atomic E-state index is 13.4. The first kappa shape index (κ1) is 20.9. The Morgan fingerprint density at radius 3 is 1.97 bits per heavy atom. The highest BCUT2D eigenvalue weighted by atomic mass is 16.6. The molecule has 0 radical (unpaired) electrons. The fourth-order valence-electron chi connectivity index (χ4n) is 3.32. The van der Waals surface area contributed by atoms with E-state index in [0.29, 0.717) is 5.39 Å². The van der Waals surface area contributed by atoms with E-state index in [-0.39, 0.29) is 50.7 Å². The van der Waals surface area contributed by atoms with Gasteiger partial charge in [-0.3, -0.25) is 19.2 Å². The Balaban J connectivity index is 2.08. The van der Waals surface area contributed by atoms with Gasteiger partial charge in [-0.2, -0.15) is 0 Å². The molecule has 0 unspecified atom stereocenters. The summed E-state index contributed by atoms with van der Waals surface area (Å²) in [5.41, 5.74) is -0.376. The van der Waals surface area contributed by atoms with Crippen LogP contribution < -0.4 is 24.4 Å². The summed E-state index contributed by atoms with van der Waals surface area (Å²) < 4.78 is 32.0. The summed E-state index contributed by atoms with van der Waals surface area (Å²) in [7, 11) is 1.38. The van der Waals surface area contributed by atoms with Gasteiger partial charge in [-0.05, 0) is 6.07 Å². The molecule has 0 amide bonds. The molecule has 32 heavy (non-hydrogen) atoms. The molecule has 164 valence electrons. The number of ether oxygens (including phenoxy) is 4. The van der Waals surface area contributed by atoms with Crippen molar-refractivity contribution < 1.29 is 42.2 Å². The van der Waals surface area contributed by atoms with Gasteiger partial charge in [-0.1, -0.05) is 0 Å². The summed E-state index contributed by atoms with van der Waals surface area (Å²) in [5, 5.41) is 0.351. The largest absolute Gasteiger partial charge is 0.493 e. The first-order chi connectivity index (χ1) is 15.2. The van der Waals surface area contributed by atoms with Gasteiger partial charge in [0.2, 0.25) is 5.43 Å². The molecule has 0 N–H and O–H groups in total. The fraction of sp³-hybridized carbons (Fsp3) is 0.182. The number of rotatable bonds is 4. The number of hydrogen-bond acceptors (Lipinski definition) is 10. The minimum atomic E-state index is -0.685. The first-order valence-electron chi connectivity index (χ1n) is 9.28. The molecule has 0 saturated heterocycles. The van der Waals surface area contributed by atoms with Gasteiger partial charge in [-0.15, -0.1) is 0 Å². The van der Waals surface area contributed by atoms with Crippen LogP contribution in [0.15, 0.2) is 37.9 Å². The molecule has 2 heterocycles. The smallest absolute Gasteiger partial charge is 0.308 e. The van der Waals surface area contributed by atoms with E-state index in [0.717, 1.165) is 0 Å². The minimum Gasteiger partial charge on any atom is -0.493 e. The van der Waals surface area contributed by atoms with Crippen molar-refractivity contribution >= 4 is 51.0 Å². The van der Waals surface area contributed by atoms with Crippen molar-refractivity contribution in [2.24, 2.45) is 0 Å². The highest BCUT2D eigenvalue weighted by Crippen LogP contribution is 2.39. The third kappa shape index (κ3) is 3.62. The molecule has 0 bridgehead atoms. The van der Waals surface area contributed by atoms with E-state index < -0.39 is 23.3 Å². The van der Waals surface area contributed by atoms with Crippen molar-refractivity contribution in [1.82, 2.24) is 0 Å². The summed E-state index contributed by atoms with van der Waals surface area (Å²) in [6.45, 7) is 3.60. The van der Waals surface area contributed by atoms with Gasteiger partial charge < -0.3 is 27.8 Å². The van der Waals surface area contributed by atoms with Crippen molar-refractivity contribution in [1.29, 1.82) is 0 Å². The lowest BCUT2D eigenvalue weighted by atomic mass is 10.1. The van der Waals surface area contributed by atoms with Crippen molar-refractivity contribution in [2.75, 3.05) is 7.11 Å². The summed E-state index contributed by atoms with van der Waals surface area (Å²) in [6.07, 6.45) is 0. The highest BCUT2D eigenvalue weighted by molar-refractivity contribution is 6.08. The first-order valence-corrected chi connectivity index (χ1v) is 9.28. The maximum Gasteiger partial charge on any atom is 0.308 e. The highest BCUT2D eigenvalue weighted by Gasteiger charge is 2.23. The number of esters is 3. The van der Waals surface area contributed by atoms with E-state index in [4.69, 9.17) is 27.8 Å². The molecule has 2 aromatic heterocycles. The number of fused-ring (bicyclic) bond motifs is 4. The standard InChI is InChI=1S/C22H16O10/c1-9(23)28-12-5-17(30-11(3)25)20-18(6-12)32-22-19(21(20)26)13-7-15(27-4)16(29-10(2)24)8-14(13)31-22/h5-8H,1-4H3. The number of hydrogen-bond donors (Lipinski definition) is 0. The monoisotopic (exact) mass is 440 g/mol. The van der Waals surface area contributed by atoms with Crippen LogP contribution in [-0.4, -0.2) is 25.0 Å². The molecule has 0 aliphatic carbocycles. The Bertz CT molecular complexity index is 1490. The van der Waals surface area contributed by atoms with Gasteiger partial charge in [0.05, 0.1) is 7.11 Å². The molecular weight excluding hydrogens is 424 g/mol. The van der Waals surface area contributed by atoms with Crippen molar-refractivity contribution in [3.8, 4) is 23.0 Å². The van der Waals surface area contributed by atoms with Crippen LogP contribution in [0.2, 0.25) is 0 Å². The second-order valence-electron chi connectivity index (χ2n) is 6.77. The van der Waals surface area contributed by atoms with E-state index in [1.807, 2.05) is 0 Å². The summed E-state index contributed by atoms with van der Waals surface area (Å²) in [4.78, 5) is 47.8. The topological polar surface area (TPSA) is 131 Å². The number of benzene rings is 2. The van der Waals surface area contributed by atoms with Crippen molar-refractivity contribution in [2.45, 2.75) is 20.8 Å². The van der Waals surface area contributed by atoms with Gasteiger partial charge in [0.25, 0.3) is 0 Å². The molecule has 2 aromatic carbocycles. The average molecular weight is 440 g/mol. The van der Waals surface area contributed by atoms with E-state index >= 15 is 0 Å². The molecular formula is C22H16O10. The lowest BCUT2D eigenvalue weighted by Gasteiger charge is -2.08. The van der Waals surface area contributed by atoms with Crippen LogP contribution >= 0.6 is 0 Å². The molecule has 0 aliphatic rings. The van der Waals surface area contributed by atoms with Crippen LogP contribution in [-0.2, 0) is 14.4 Å². The maximum absolute atomic E-state index is 13.4. The minimum absolute atomic E-state index is 0.0127. The molecule has 0 atom stereocenters. The SMILES string of the molecule is COc1cc2c(cc1OC(C)=O)oc1oc3cc(OC(C)=O)cc(OC(C)=O)c3c(=O)c12. The van der Waals surface area contributed by atoms with Crippen LogP contribution in [0, 0.1) is 0 Å². The van der Waals surface area contributed by atoms with Crippen molar-refractivity contribution in [3.63, 3.8) is 0 Å². The van der Waals surface area contributed by atoms with Gasteiger partial charge in [-0.25, -0.2) is 0 Å². The third-order valence-corrected chi connectivity index (χ3v) is 4.41. The molecule has 10 nitrogen and oxygen atoms in total. The molecule has 0 aliphatic heterocycles. The summed E-state index contributed by atoms with van der Waals surface area (Å²) >= 11 is 0. The zero-order valence-electron chi connectivity index (χ0n) is 17.4. The summed E-state index contributed by atoms with van der Waals surface area (Å²) in [5.74, 6) is -1.83. The van der Waals surface area contributed by atoms with E-state index in [2.05, 4.69) is 0 Å². The molecule has 4 aromatic rings. The molecule has 4 rings (SSSR count). The van der Waals surface area contributed by atoms with Crippen LogP contribution in [0.1, 0.15) is 20.8 Å². The molecule has 0 fully saturated rings. The normalized spacial score (nSPS) is 11.0. The zero-order chi connectivity index (χ0) is 23.2.